The molecule has 0 spiro atoms. The fourth-order valence-electron chi connectivity index (χ4n) is 0.966. The van der Waals surface area contributed by atoms with Crippen molar-refractivity contribution in [1.29, 1.82) is 0 Å². The summed E-state index contributed by atoms with van der Waals surface area (Å²) in [5, 5.41) is 0. The van der Waals surface area contributed by atoms with Crippen LogP contribution in [0, 0.1) is 11.8 Å². The van der Waals surface area contributed by atoms with Crippen LogP contribution in [0.15, 0.2) is 0 Å². The zero-order valence-electron chi connectivity index (χ0n) is 9.71. The van der Waals surface area contributed by atoms with E-state index in [4.69, 9.17) is 0 Å². The molecule has 0 saturated carbocycles. The number of rotatable bonds is 7. The summed E-state index contributed by atoms with van der Waals surface area (Å²) in [7, 11) is -3.02. The summed E-state index contributed by atoms with van der Waals surface area (Å²) in [4.78, 5) is 0. The van der Waals surface area contributed by atoms with Gasteiger partial charge in [0.2, 0.25) is 10.0 Å². The first kappa shape index (κ1) is 13.9. The van der Waals surface area contributed by atoms with Gasteiger partial charge in [-0.2, -0.15) is 0 Å². The number of hydrogen-bond donors (Lipinski definition) is 1. The van der Waals surface area contributed by atoms with E-state index in [-0.39, 0.29) is 5.75 Å². The Balaban J connectivity index is 3.73. The summed E-state index contributed by atoms with van der Waals surface area (Å²) in [5.41, 5.74) is 0. The van der Waals surface area contributed by atoms with E-state index in [0.29, 0.717) is 18.4 Å². The Hall–Kier alpha value is -0.0900. The number of sulfonamides is 1. The molecule has 0 bridgehead atoms. The molecule has 0 aliphatic carbocycles. The molecular weight excluding hydrogens is 198 g/mol. The molecule has 4 heteroatoms. The maximum Gasteiger partial charge on any atom is 0.211 e. The lowest BCUT2D eigenvalue weighted by atomic mass is 10.1. The Morgan fingerprint density at radius 3 is 1.93 bits per heavy atom. The molecule has 0 amide bonds. The largest absolute Gasteiger partial charge is 0.215 e. The molecule has 0 aromatic heterocycles. The van der Waals surface area contributed by atoms with E-state index in [1.807, 2.05) is 13.8 Å². The highest BCUT2D eigenvalue weighted by Gasteiger charge is 2.10. The second kappa shape index (κ2) is 6.40. The molecule has 0 rings (SSSR count). The van der Waals surface area contributed by atoms with Crippen LogP contribution >= 0.6 is 0 Å². The van der Waals surface area contributed by atoms with Gasteiger partial charge in [-0.15, -0.1) is 0 Å². The third-order valence-corrected chi connectivity index (χ3v) is 3.42. The van der Waals surface area contributed by atoms with Crippen molar-refractivity contribution in [2.45, 2.75) is 40.5 Å². The first-order valence-corrected chi connectivity index (χ1v) is 6.96. The highest BCUT2D eigenvalue weighted by Crippen LogP contribution is 2.02. The van der Waals surface area contributed by atoms with Crippen LogP contribution < -0.4 is 4.72 Å². The molecule has 0 aliphatic heterocycles. The van der Waals surface area contributed by atoms with Crippen molar-refractivity contribution in [3.8, 4) is 0 Å². The third kappa shape index (κ3) is 8.51. The van der Waals surface area contributed by atoms with Crippen LogP contribution in [0.2, 0.25) is 0 Å². The Bertz CT molecular complexity index is 233. The topological polar surface area (TPSA) is 46.2 Å². The minimum atomic E-state index is -3.02. The number of hydrogen-bond acceptors (Lipinski definition) is 2. The first-order valence-electron chi connectivity index (χ1n) is 5.31. The van der Waals surface area contributed by atoms with E-state index in [1.165, 1.54) is 0 Å². The molecule has 86 valence electrons. The maximum atomic E-state index is 11.4. The van der Waals surface area contributed by atoms with Gasteiger partial charge in [0.15, 0.2) is 0 Å². The van der Waals surface area contributed by atoms with Gasteiger partial charge in [-0.3, -0.25) is 0 Å². The molecule has 0 heterocycles. The standard InChI is InChI=1S/C10H23NO2S/c1-9(2)5-7-11-14(12,13)8-6-10(3)4/h9-11H,5-8H2,1-4H3. The fraction of sp³-hybridized carbons (Fsp3) is 1.00. The van der Waals surface area contributed by atoms with E-state index >= 15 is 0 Å². The average molecular weight is 221 g/mol. The van der Waals surface area contributed by atoms with Crippen molar-refractivity contribution in [3.63, 3.8) is 0 Å². The van der Waals surface area contributed by atoms with Gasteiger partial charge in [-0.25, -0.2) is 13.1 Å². The minimum Gasteiger partial charge on any atom is -0.215 e. The lowest BCUT2D eigenvalue weighted by Crippen LogP contribution is -2.28. The quantitative estimate of drug-likeness (QED) is 0.714. The molecule has 0 fully saturated rings. The van der Waals surface area contributed by atoms with Gasteiger partial charge in [-0.1, -0.05) is 27.7 Å². The molecule has 0 radical (unpaired) electrons. The molecule has 0 atom stereocenters. The smallest absolute Gasteiger partial charge is 0.211 e. The molecule has 14 heavy (non-hydrogen) atoms. The van der Waals surface area contributed by atoms with Gasteiger partial charge in [0, 0.05) is 6.54 Å². The monoisotopic (exact) mass is 221 g/mol. The highest BCUT2D eigenvalue weighted by atomic mass is 32.2. The molecular formula is C10H23NO2S. The number of nitrogens with one attached hydrogen (secondary N) is 1. The average Bonchev–Trinajstić information content (AvgIpc) is 2.00. The van der Waals surface area contributed by atoms with Crippen LogP contribution in [-0.4, -0.2) is 20.7 Å². The van der Waals surface area contributed by atoms with Gasteiger partial charge in [0.1, 0.15) is 0 Å². The second-order valence-corrected chi connectivity index (χ2v) is 6.50. The highest BCUT2D eigenvalue weighted by molar-refractivity contribution is 7.89. The molecule has 0 saturated heterocycles. The van der Waals surface area contributed by atoms with Gasteiger partial charge in [0.25, 0.3) is 0 Å². The Morgan fingerprint density at radius 2 is 1.50 bits per heavy atom. The van der Waals surface area contributed by atoms with Crippen molar-refractivity contribution in [2.75, 3.05) is 12.3 Å². The normalized spacial score (nSPS) is 12.7. The van der Waals surface area contributed by atoms with E-state index in [2.05, 4.69) is 18.6 Å². The summed E-state index contributed by atoms with van der Waals surface area (Å²) in [6, 6.07) is 0. The van der Waals surface area contributed by atoms with Crippen molar-refractivity contribution < 1.29 is 8.42 Å². The molecule has 0 aromatic rings. The SMILES string of the molecule is CC(C)CCNS(=O)(=O)CCC(C)C. The lowest BCUT2D eigenvalue weighted by molar-refractivity contribution is 0.542. The summed E-state index contributed by atoms with van der Waals surface area (Å²) in [6.45, 7) is 8.80. The summed E-state index contributed by atoms with van der Waals surface area (Å²) >= 11 is 0. The van der Waals surface area contributed by atoms with E-state index < -0.39 is 10.0 Å². The zero-order chi connectivity index (χ0) is 11.2. The maximum absolute atomic E-state index is 11.4. The van der Waals surface area contributed by atoms with Crippen molar-refractivity contribution >= 4 is 10.0 Å². The van der Waals surface area contributed by atoms with Crippen LogP contribution in [0.3, 0.4) is 0 Å². The van der Waals surface area contributed by atoms with Gasteiger partial charge in [0.05, 0.1) is 5.75 Å². The first-order chi connectivity index (χ1) is 6.33. The van der Waals surface area contributed by atoms with Gasteiger partial charge >= 0.3 is 0 Å². The van der Waals surface area contributed by atoms with E-state index in [9.17, 15) is 8.42 Å². The lowest BCUT2D eigenvalue weighted by Gasteiger charge is -2.09. The molecule has 0 aliphatic rings. The molecule has 3 nitrogen and oxygen atoms in total. The molecule has 0 aromatic carbocycles. The van der Waals surface area contributed by atoms with Crippen LogP contribution in [0.4, 0.5) is 0 Å². The summed E-state index contributed by atoms with van der Waals surface area (Å²) < 4.78 is 25.4. The Kier molecular flexibility index (Phi) is 6.36. The second-order valence-electron chi connectivity index (χ2n) is 4.58. The summed E-state index contributed by atoms with van der Waals surface area (Å²) in [5.74, 6) is 1.24. The van der Waals surface area contributed by atoms with Gasteiger partial charge < -0.3 is 0 Å². The Labute approximate surface area is 88.3 Å². The van der Waals surface area contributed by atoms with Crippen LogP contribution in [0.1, 0.15) is 40.5 Å². The van der Waals surface area contributed by atoms with Crippen molar-refractivity contribution in [2.24, 2.45) is 11.8 Å². The van der Waals surface area contributed by atoms with Crippen molar-refractivity contribution in [3.05, 3.63) is 0 Å². The third-order valence-electron chi connectivity index (χ3n) is 2.01. The molecule has 1 N–H and O–H groups in total. The Morgan fingerprint density at radius 1 is 1.00 bits per heavy atom. The van der Waals surface area contributed by atoms with Crippen LogP contribution in [-0.2, 0) is 10.0 Å². The van der Waals surface area contributed by atoms with Crippen LogP contribution in [0.25, 0.3) is 0 Å². The van der Waals surface area contributed by atoms with E-state index in [1.54, 1.807) is 0 Å². The fourth-order valence-corrected chi connectivity index (χ4v) is 2.32. The summed E-state index contributed by atoms with van der Waals surface area (Å²) in [6.07, 6.45) is 1.64. The van der Waals surface area contributed by atoms with Gasteiger partial charge in [-0.05, 0) is 24.7 Å². The molecule has 0 unspecified atom stereocenters. The predicted octanol–water partition coefficient (Wildman–Crippen LogP) is 2.00. The van der Waals surface area contributed by atoms with Crippen molar-refractivity contribution in [1.82, 2.24) is 4.72 Å². The van der Waals surface area contributed by atoms with Crippen LogP contribution in [0.5, 0.6) is 0 Å². The predicted molar refractivity (Wildman–Crippen MR) is 60.7 cm³/mol. The minimum absolute atomic E-state index is 0.253. The van der Waals surface area contributed by atoms with E-state index in [0.717, 1.165) is 12.8 Å². The zero-order valence-corrected chi connectivity index (χ0v) is 10.5.